The van der Waals surface area contributed by atoms with Crippen LogP contribution in [0.1, 0.15) is 55.5 Å². The standard InChI is InChI=1S/C33H40N4O6/c1-33(2,3)43-32(40)36-18-10-17-35-31(34)37-20-25-15-16-27(19-26(25)21-37)41-22-28(38)30(39)42-29(23-11-6-4-7-12-23)24-13-8-5-9-14-24/h4-9,11-16,19,28-29,38H,10,17-18,20-22H2,1-3H3,(H2,34,35)(H,36,40)/t28-/m1/s1. The first-order valence-corrected chi connectivity index (χ1v) is 14.3. The fourth-order valence-electron chi connectivity index (χ4n) is 4.52. The Bertz CT molecular complexity index is 1350. The van der Waals surface area contributed by atoms with Crippen molar-refractivity contribution >= 4 is 18.0 Å². The molecule has 3 aromatic rings. The fourth-order valence-corrected chi connectivity index (χ4v) is 4.52. The summed E-state index contributed by atoms with van der Waals surface area (Å²) in [5.74, 6) is 0.176. The number of guanidine groups is 1. The summed E-state index contributed by atoms with van der Waals surface area (Å²) in [6, 6.07) is 24.4. The van der Waals surface area contributed by atoms with E-state index in [9.17, 15) is 14.7 Å². The summed E-state index contributed by atoms with van der Waals surface area (Å²) in [4.78, 5) is 31.0. The van der Waals surface area contributed by atoms with E-state index < -0.39 is 29.9 Å². The number of amides is 1. The molecule has 0 aromatic heterocycles. The average molecular weight is 589 g/mol. The highest BCUT2D eigenvalue weighted by Crippen LogP contribution is 2.28. The number of ether oxygens (including phenoxy) is 3. The molecule has 10 heteroatoms. The van der Waals surface area contributed by atoms with Crippen molar-refractivity contribution in [3.63, 3.8) is 0 Å². The minimum atomic E-state index is -1.47. The highest BCUT2D eigenvalue weighted by molar-refractivity contribution is 5.79. The van der Waals surface area contributed by atoms with Crippen molar-refractivity contribution in [2.75, 3.05) is 19.7 Å². The number of aliphatic hydroxyl groups is 1. The molecule has 1 amide bonds. The van der Waals surface area contributed by atoms with Crippen molar-refractivity contribution in [1.29, 1.82) is 0 Å². The highest BCUT2D eigenvalue weighted by atomic mass is 16.6. The number of alkyl carbamates (subject to hydrolysis) is 1. The number of esters is 1. The van der Waals surface area contributed by atoms with E-state index in [1.165, 1.54) is 0 Å². The zero-order valence-corrected chi connectivity index (χ0v) is 24.9. The van der Waals surface area contributed by atoms with Crippen molar-refractivity contribution in [3.05, 3.63) is 101 Å². The van der Waals surface area contributed by atoms with Crippen LogP contribution in [0, 0.1) is 0 Å². The third-order valence-electron chi connectivity index (χ3n) is 6.62. The Hall–Kier alpha value is -4.57. The van der Waals surface area contributed by atoms with Crippen molar-refractivity contribution in [2.24, 2.45) is 10.7 Å². The van der Waals surface area contributed by atoms with Crippen molar-refractivity contribution in [3.8, 4) is 5.75 Å². The van der Waals surface area contributed by atoms with Gasteiger partial charge in [-0.1, -0.05) is 66.7 Å². The summed E-state index contributed by atoms with van der Waals surface area (Å²) in [6.45, 7) is 7.25. The first-order valence-electron chi connectivity index (χ1n) is 14.3. The highest BCUT2D eigenvalue weighted by Gasteiger charge is 2.25. The molecule has 228 valence electrons. The van der Waals surface area contributed by atoms with E-state index >= 15 is 0 Å². The molecule has 1 atom stereocenters. The number of nitrogens with one attached hydrogen (secondary N) is 1. The number of nitrogens with two attached hydrogens (primary N) is 1. The Kier molecular flexibility index (Phi) is 10.6. The van der Waals surface area contributed by atoms with Crippen LogP contribution in [0.25, 0.3) is 0 Å². The molecule has 10 nitrogen and oxygen atoms in total. The van der Waals surface area contributed by atoms with Crippen LogP contribution < -0.4 is 15.8 Å². The molecular formula is C33H40N4O6. The summed E-state index contributed by atoms with van der Waals surface area (Å²) in [7, 11) is 0. The van der Waals surface area contributed by atoms with Crippen LogP contribution in [0.4, 0.5) is 4.79 Å². The molecule has 1 heterocycles. The van der Waals surface area contributed by atoms with Gasteiger partial charge in [0.15, 0.2) is 18.2 Å². The van der Waals surface area contributed by atoms with E-state index in [1.54, 1.807) is 6.07 Å². The lowest BCUT2D eigenvalue weighted by Crippen LogP contribution is -2.34. The van der Waals surface area contributed by atoms with Crippen LogP contribution >= 0.6 is 0 Å². The molecular weight excluding hydrogens is 548 g/mol. The first-order chi connectivity index (χ1) is 20.6. The summed E-state index contributed by atoms with van der Waals surface area (Å²) < 4.78 is 16.7. The number of aliphatic hydroxyl groups excluding tert-OH is 1. The summed E-state index contributed by atoms with van der Waals surface area (Å²) >= 11 is 0. The fraction of sp³-hybridized carbons (Fsp3) is 0.364. The minimum absolute atomic E-state index is 0.251. The maximum atomic E-state index is 12.8. The number of carbonyl (C=O) groups excluding carboxylic acids is 2. The molecule has 4 N–H and O–H groups in total. The predicted octanol–water partition coefficient (Wildman–Crippen LogP) is 4.30. The largest absolute Gasteiger partial charge is 0.490 e. The topological polar surface area (TPSA) is 136 Å². The molecule has 0 saturated carbocycles. The van der Waals surface area contributed by atoms with Crippen LogP contribution in [0.5, 0.6) is 5.75 Å². The van der Waals surface area contributed by atoms with Crippen LogP contribution in [-0.2, 0) is 27.4 Å². The second-order valence-corrected chi connectivity index (χ2v) is 11.3. The third kappa shape index (κ3) is 9.47. The van der Waals surface area contributed by atoms with Crippen LogP contribution in [0.15, 0.2) is 83.9 Å². The monoisotopic (exact) mass is 588 g/mol. The Balaban J connectivity index is 1.25. The van der Waals surface area contributed by atoms with E-state index in [1.807, 2.05) is 98.5 Å². The zero-order chi connectivity index (χ0) is 30.8. The second-order valence-electron chi connectivity index (χ2n) is 11.3. The number of fused-ring (bicyclic) bond motifs is 1. The maximum absolute atomic E-state index is 12.8. The van der Waals surface area contributed by atoms with Gasteiger partial charge >= 0.3 is 12.1 Å². The molecule has 0 bridgehead atoms. The lowest BCUT2D eigenvalue weighted by molar-refractivity contribution is -0.159. The third-order valence-corrected chi connectivity index (χ3v) is 6.62. The van der Waals surface area contributed by atoms with E-state index in [-0.39, 0.29) is 6.61 Å². The van der Waals surface area contributed by atoms with E-state index in [2.05, 4.69) is 10.3 Å². The van der Waals surface area contributed by atoms with Gasteiger partial charge in [-0.2, -0.15) is 0 Å². The SMILES string of the molecule is CC(C)(C)OC(=O)NCCCN=C(N)N1Cc2ccc(OC[C@@H](O)C(=O)OC(c3ccccc3)c3ccccc3)cc2C1. The Morgan fingerprint density at radius 3 is 2.23 bits per heavy atom. The smallest absolute Gasteiger partial charge is 0.407 e. The van der Waals surface area contributed by atoms with Gasteiger partial charge in [0, 0.05) is 26.2 Å². The molecule has 0 saturated heterocycles. The number of carbonyl (C=O) groups is 2. The maximum Gasteiger partial charge on any atom is 0.407 e. The minimum Gasteiger partial charge on any atom is -0.490 e. The van der Waals surface area contributed by atoms with Crippen molar-refractivity contribution < 1.29 is 28.9 Å². The van der Waals surface area contributed by atoms with Crippen molar-refractivity contribution in [2.45, 2.75) is 58.1 Å². The first kappa shape index (κ1) is 31.4. The summed E-state index contributed by atoms with van der Waals surface area (Å²) in [5.41, 5.74) is 9.40. The molecule has 0 aliphatic carbocycles. The molecule has 4 rings (SSSR count). The van der Waals surface area contributed by atoms with Gasteiger partial charge in [-0.15, -0.1) is 0 Å². The van der Waals surface area contributed by atoms with Crippen LogP contribution in [0.2, 0.25) is 0 Å². The normalized spacial score (nSPS) is 13.8. The Morgan fingerprint density at radius 2 is 1.60 bits per heavy atom. The van der Waals surface area contributed by atoms with Gasteiger partial charge in [0.25, 0.3) is 0 Å². The number of hydrogen-bond acceptors (Lipinski definition) is 7. The predicted molar refractivity (Wildman–Crippen MR) is 163 cm³/mol. The van der Waals surface area contributed by atoms with Gasteiger partial charge in [0.05, 0.1) is 0 Å². The number of rotatable bonds is 11. The number of nitrogens with zero attached hydrogens (tertiary/aromatic N) is 2. The summed E-state index contributed by atoms with van der Waals surface area (Å²) in [6.07, 6.45) is -1.94. The second kappa shape index (κ2) is 14.6. The lowest BCUT2D eigenvalue weighted by atomic mass is 10.0. The van der Waals surface area contributed by atoms with Gasteiger partial charge in [0.2, 0.25) is 0 Å². The van der Waals surface area contributed by atoms with Gasteiger partial charge in [-0.25, -0.2) is 9.59 Å². The molecule has 1 aliphatic heterocycles. The van der Waals surface area contributed by atoms with Gasteiger partial charge < -0.3 is 35.3 Å². The molecule has 3 aromatic carbocycles. The molecule has 0 spiro atoms. The molecule has 0 unspecified atom stereocenters. The van der Waals surface area contributed by atoms with Gasteiger partial charge in [-0.05, 0) is 61.6 Å². The number of aliphatic imine (C=N–C) groups is 1. The summed E-state index contributed by atoms with van der Waals surface area (Å²) in [5, 5.41) is 13.3. The lowest BCUT2D eigenvalue weighted by Gasteiger charge is -2.21. The van der Waals surface area contributed by atoms with Crippen molar-refractivity contribution in [1.82, 2.24) is 10.2 Å². The van der Waals surface area contributed by atoms with Crippen LogP contribution in [-0.4, -0.2) is 59.4 Å². The quantitative estimate of drug-likeness (QED) is 0.131. The zero-order valence-electron chi connectivity index (χ0n) is 24.9. The van der Waals surface area contributed by atoms with Crippen LogP contribution in [0.3, 0.4) is 0 Å². The van der Waals surface area contributed by atoms with E-state index in [4.69, 9.17) is 19.9 Å². The Morgan fingerprint density at radius 1 is 0.977 bits per heavy atom. The molecule has 0 fully saturated rings. The molecule has 43 heavy (non-hydrogen) atoms. The Labute approximate surface area is 252 Å². The molecule has 0 radical (unpaired) electrons. The number of hydrogen-bond donors (Lipinski definition) is 3. The van der Waals surface area contributed by atoms with E-state index in [0.717, 1.165) is 22.3 Å². The van der Waals surface area contributed by atoms with Gasteiger partial charge in [0.1, 0.15) is 18.0 Å². The van der Waals surface area contributed by atoms with Gasteiger partial charge in [-0.3, -0.25) is 4.99 Å². The number of benzene rings is 3. The van der Waals surface area contributed by atoms with E-state index in [0.29, 0.717) is 44.3 Å². The molecule has 1 aliphatic rings. The average Bonchev–Trinajstić information content (AvgIpc) is 3.42.